The molecule has 17 heavy (non-hydrogen) atoms. The van der Waals surface area contributed by atoms with Gasteiger partial charge in [0, 0.05) is 12.6 Å². The maximum absolute atomic E-state index is 11.8. The van der Waals surface area contributed by atoms with Crippen molar-refractivity contribution in [2.24, 2.45) is 0 Å². The smallest absolute Gasteiger partial charge is 0.324 e. The van der Waals surface area contributed by atoms with Gasteiger partial charge in [0.25, 0.3) is 0 Å². The summed E-state index contributed by atoms with van der Waals surface area (Å²) >= 11 is 0. The molecule has 0 aliphatic heterocycles. The summed E-state index contributed by atoms with van der Waals surface area (Å²) in [6, 6.07) is 0.316. The van der Waals surface area contributed by atoms with Crippen molar-refractivity contribution in [1.29, 1.82) is 0 Å². The molecule has 4 nitrogen and oxygen atoms in total. The lowest BCUT2D eigenvalue weighted by molar-refractivity contribution is -0.146. The Hall–Kier alpha value is -0.610. The normalized spacial score (nSPS) is 13.1. The van der Waals surface area contributed by atoms with Crippen molar-refractivity contribution >= 4 is 5.97 Å². The van der Waals surface area contributed by atoms with E-state index in [2.05, 4.69) is 31.1 Å². The highest BCUT2D eigenvalue weighted by Crippen LogP contribution is 2.07. The molecule has 0 aliphatic rings. The Kier molecular flexibility index (Phi) is 9.09. The van der Waals surface area contributed by atoms with Crippen molar-refractivity contribution in [3.63, 3.8) is 0 Å². The van der Waals surface area contributed by atoms with Gasteiger partial charge in [-0.3, -0.25) is 4.79 Å². The van der Waals surface area contributed by atoms with E-state index in [9.17, 15) is 4.79 Å². The predicted molar refractivity (Wildman–Crippen MR) is 71.1 cm³/mol. The van der Waals surface area contributed by atoms with Crippen LogP contribution in [0.15, 0.2) is 0 Å². The van der Waals surface area contributed by atoms with Crippen LogP contribution in [0.4, 0.5) is 0 Å². The Labute approximate surface area is 106 Å². The number of nitrogens with one attached hydrogen (secondary N) is 1. The summed E-state index contributed by atoms with van der Waals surface area (Å²) in [7, 11) is 2.07. The number of hydrogen-bond acceptors (Lipinski definition) is 4. The molecule has 0 rings (SSSR count). The largest absolute Gasteiger partial charge is 0.465 e. The van der Waals surface area contributed by atoms with Gasteiger partial charge in [0.2, 0.25) is 0 Å². The van der Waals surface area contributed by atoms with Crippen molar-refractivity contribution in [1.82, 2.24) is 10.2 Å². The van der Waals surface area contributed by atoms with E-state index in [1.165, 1.54) is 0 Å². The fraction of sp³-hybridized carbons (Fsp3) is 0.923. The fourth-order valence-corrected chi connectivity index (χ4v) is 2.06. The zero-order valence-corrected chi connectivity index (χ0v) is 12.0. The molecule has 1 N–H and O–H groups in total. The molecule has 0 spiro atoms. The van der Waals surface area contributed by atoms with Crippen LogP contribution in [-0.4, -0.2) is 49.7 Å². The highest BCUT2D eigenvalue weighted by atomic mass is 16.5. The first kappa shape index (κ1) is 16.4. The number of ether oxygens (including phenoxy) is 1. The fourth-order valence-electron chi connectivity index (χ4n) is 2.06. The summed E-state index contributed by atoms with van der Waals surface area (Å²) in [6.07, 6.45) is 2.21. The summed E-state index contributed by atoms with van der Waals surface area (Å²) in [5, 5.41) is 3.18. The predicted octanol–water partition coefficient (Wildman–Crippen LogP) is 1.65. The molecular weight excluding hydrogens is 216 g/mol. The van der Waals surface area contributed by atoms with Crippen LogP contribution >= 0.6 is 0 Å². The Balaban J connectivity index is 4.36. The van der Waals surface area contributed by atoms with Crippen molar-refractivity contribution in [2.75, 3.05) is 26.7 Å². The number of hydrogen-bond donors (Lipinski definition) is 1. The monoisotopic (exact) mass is 244 g/mol. The van der Waals surface area contributed by atoms with Crippen LogP contribution < -0.4 is 5.32 Å². The number of rotatable bonds is 9. The highest BCUT2D eigenvalue weighted by molar-refractivity contribution is 5.76. The van der Waals surface area contributed by atoms with E-state index in [1.54, 1.807) is 0 Å². The molecule has 0 saturated heterocycles. The average molecular weight is 244 g/mol. The van der Waals surface area contributed by atoms with E-state index in [1.807, 2.05) is 13.8 Å². The van der Waals surface area contributed by atoms with Crippen LogP contribution in [0.2, 0.25) is 0 Å². The zero-order chi connectivity index (χ0) is 13.3. The second-order valence-corrected chi connectivity index (χ2v) is 4.27. The molecule has 0 aliphatic carbocycles. The Bertz CT molecular complexity index is 206. The number of esters is 1. The third-order valence-corrected chi connectivity index (χ3v) is 3.06. The first-order valence-electron chi connectivity index (χ1n) is 6.70. The molecular formula is C13H28N2O2. The molecule has 1 atom stereocenters. The van der Waals surface area contributed by atoms with E-state index in [4.69, 9.17) is 4.74 Å². The lowest BCUT2D eigenvalue weighted by Crippen LogP contribution is -2.48. The standard InChI is InChI=1S/C13H28N2O2/c1-6-11(7-2)15(5)10-12(14-8-3)13(16)17-9-4/h11-12,14H,6-10H2,1-5H3. The summed E-state index contributed by atoms with van der Waals surface area (Å²) in [4.78, 5) is 14.0. The van der Waals surface area contributed by atoms with Crippen LogP contribution in [0.5, 0.6) is 0 Å². The van der Waals surface area contributed by atoms with Gasteiger partial charge in [-0.15, -0.1) is 0 Å². The second-order valence-electron chi connectivity index (χ2n) is 4.27. The molecule has 0 aromatic heterocycles. The number of carbonyl (C=O) groups is 1. The maximum atomic E-state index is 11.8. The summed E-state index contributed by atoms with van der Waals surface area (Å²) in [5.41, 5.74) is 0. The molecule has 0 aromatic carbocycles. The number of likely N-dealkylation sites (N-methyl/N-ethyl adjacent to an activating group) is 2. The molecule has 1 unspecified atom stereocenters. The van der Waals surface area contributed by atoms with E-state index in [0.717, 1.165) is 19.4 Å². The Morgan fingerprint density at radius 1 is 1.24 bits per heavy atom. The van der Waals surface area contributed by atoms with Gasteiger partial charge in [-0.25, -0.2) is 0 Å². The van der Waals surface area contributed by atoms with E-state index in [-0.39, 0.29) is 12.0 Å². The number of nitrogens with zero attached hydrogens (tertiary/aromatic N) is 1. The van der Waals surface area contributed by atoms with Gasteiger partial charge < -0.3 is 15.0 Å². The zero-order valence-electron chi connectivity index (χ0n) is 12.0. The van der Waals surface area contributed by atoms with Crippen molar-refractivity contribution in [3.8, 4) is 0 Å². The quantitative estimate of drug-likeness (QED) is 0.626. The highest BCUT2D eigenvalue weighted by Gasteiger charge is 2.22. The minimum absolute atomic E-state index is 0.146. The van der Waals surface area contributed by atoms with Crippen LogP contribution in [0, 0.1) is 0 Å². The van der Waals surface area contributed by atoms with Gasteiger partial charge in [0.05, 0.1) is 6.61 Å². The molecule has 0 saturated carbocycles. The van der Waals surface area contributed by atoms with E-state index < -0.39 is 0 Å². The molecule has 0 radical (unpaired) electrons. The van der Waals surface area contributed by atoms with Crippen molar-refractivity contribution < 1.29 is 9.53 Å². The summed E-state index contributed by atoms with van der Waals surface area (Å²) in [5.74, 6) is -0.146. The first-order chi connectivity index (χ1) is 8.10. The summed E-state index contributed by atoms with van der Waals surface area (Å²) in [6.45, 7) is 10.1. The van der Waals surface area contributed by atoms with E-state index in [0.29, 0.717) is 19.2 Å². The minimum Gasteiger partial charge on any atom is -0.465 e. The molecule has 102 valence electrons. The van der Waals surface area contributed by atoms with Crippen molar-refractivity contribution in [2.45, 2.75) is 52.6 Å². The molecule has 4 heteroatoms. The van der Waals surface area contributed by atoms with Crippen LogP contribution in [-0.2, 0) is 9.53 Å². The van der Waals surface area contributed by atoms with Gasteiger partial charge in [0.15, 0.2) is 0 Å². The molecule has 0 aromatic rings. The minimum atomic E-state index is -0.217. The van der Waals surface area contributed by atoms with Gasteiger partial charge in [-0.1, -0.05) is 20.8 Å². The van der Waals surface area contributed by atoms with Gasteiger partial charge in [-0.05, 0) is 33.4 Å². The first-order valence-corrected chi connectivity index (χ1v) is 6.70. The molecule has 0 fully saturated rings. The van der Waals surface area contributed by atoms with Gasteiger partial charge in [-0.2, -0.15) is 0 Å². The molecule has 0 bridgehead atoms. The second kappa shape index (κ2) is 9.42. The average Bonchev–Trinajstić information content (AvgIpc) is 2.30. The van der Waals surface area contributed by atoms with Gasteiger partial charge in [0.1, 0.15) is 6.04 Å². The van der Waals surface area contributed by atoms with E-state index >= 15 is 0 Å². The summed E-state index contributed by atoms with van der Waals surface area (Å²) < 4.78 is 5.08. The van der Waals surface area contributed by atoms with Crippen molar-refractivity contribution in [3.05, 3.63) is 0 Å². The SMILES string of the molecule is CCNC(CN(C)C(CC)CC)C(=O)OCC. The third kappa shape index (κ3) is 6.03. The lowest BCUT2D eigenvalue weighted by atomic mass is 10.1. The van der Waals surface area contributed by atoms with Crippen LogP contribution in [0.25, 0.3) is 0 Å². The molecule has 0 heterocycles. The number of carbonyl (C=O) groups excluding carboxylic acids is 1. The Morgan fingerprint density at radius 2 is 1.82 bits per heavy atom. The topological polar surface area (TPSA) is 41.6 Å². The third-order valence-electron chi connectivity index (χ3n) is 3.06. The lowest BCUT2D eigenvalue weighted by Gasteiger charge is -2.29. The molecule has 0 amide bonds. The Morgan fingerprint density at radius 3 is 2.24 bits per heavy atom. The van der Waals surface area contributed by atoms with Crippen LogP contribution in [0.1, 0.15) is 40.5 Å². The van der Waals surface area contributed by atoms with Gasteiger partial charge >= 0.3 is 5.97 Å². The maximum Gasteiger partial charge on any atom is 0.324 e. The van der Waals surface area contributed by atoms with Crippen LogP contribution in [0.3, 0.4) is 0 Å².